The fourth-order valence-corrected chi connectivity index (χ4v) is 3.11. The van der Waals surface area contributed by atoms with Gasteiger partial charge in [0.2, 0.25) is 5.91 Å². The van der Waals surface area contributed by atoms with E-state index in [2.05, 4.69) is 10.6 Å². The minimum absolute atomic E-state index is 0.108. The quantitative estimate of drug-likeness (QED) is 0.491. The smallest absolute Gasteiger partial charge is 0.255 e. The summed E-state index contributed by atoms with van der Waals surface area (Å²) in [7, 11) is 0. The molecule has 0 aliphatic rings. The molecule has 5 nitrogen and oxygen atoms in total. The van der Waals surface area contributed by atoms with Crippen LogP contribution in [0.3, 0.4) is 0 Å². The standard InChI is InChI=1S/C24H21ClN2O3/c1-2-7-22(28)26-19-11-6-10-17(14-19)24(30)27-21-13-12-18(25)15-20(21)23(29)16-8-4-3-5-9-16/h3-6,8-15H,2,7H2,1H3,(H,26,28)(H,27,30). The summed E-state index contributed by atoms with van der Waals surface area (Å²) in [5.41, 5.74) is 2.05. The van der Waals surface area contributed by atoms with Crippen molar-refractivity contribution < 1.29 is 14.4 Å². The monoisotopic (exact) mass is 420 g/mol. The Labute approximate surface area is 180 Å². The summed E-state index contributed by atoms with van der Waals surface area (Å²) >= 11 is 6.09. The van der Waals surface area contributed by atoms with Gasteiger partial charge in [-0.25, -0.2) is 0 Å². The minimum Gasteiger partial charge on any atom is -0.326 e. The van der Waals surface area contributed by atoms with Crippen LogP contribution in [0.2, 0.25) is 5.02 Å². The second-order valence-electron chi connectivity index (χ2n) is 6.72. The van der Waals surface area contributed by atoms with Gasteiger partial charge in [-0.15, -0.1) is 0 Å². The molecule has 0 heterocycles. The summed E-state index contributed by atoms with van der Waals surface area (Å²) in [5, 5.41) is 5.95. The lowest BCUT2D eigenvalue weighted by molar-refractivity contribution is -0.116. The molecule has 6 heteroatoms. The highest BCUT2D eigenvalue weighted by Crippen LogP contribution is 2.24. The largest absolute Gasteiger partial charge is 0.326 e. The lowest BCUT2D eigenvalue weighted by Gasteiger charge is -2.12. The van der Waals surface area contributed by atoms with Crippen molar-refractivity contribution in [3.8, 4) is 0 Å². The molecule has 0 radical (unpaired) electrons. The molecule has 0 fully saturated rings. The third-order valence-electron chi connectivity index (χ3n) is 4.40. The molecule has 2 amide bonds. The predicted octanol–water partition coefficient (Wildman–Crippen LogP) is 5.56. The second-order valence-corrected chi connectivity index (χ2v) is 7.15. The molecule has 0 aliphatic heterocycles. The Morgan fingerprint density at radius 1 is 0.833 bits per heavy atom. The number of carbonyl (C=O) groups excluding carboxylic acids is 3. The number of ketones is 1. The molecule has 0 aliphatic carbocycles. The van der Waals surface area contributed by atoms with Crippen molar-refractivity contribution in [2.75, 3.05) is 10.6 Å². The zero-order valence-electron chi connectivity index (χ0n) is 16.4. The lowest BCUT2D eigenvalue weighted by Crippen LogP contribution is -2.16. The van der Waals surface area contributed by atoms with Crippen LogP contribution in [0.15, 0.2) is 72.8 Å². The summed E-state index contributed by atoms with van der Waals surface area (Å²) in [4.78, 5) is 37.5. The predicted molar refractivity (Wildman–Crippen MR) is 119 cm³/mol. The first kappa shape index (κ1) is 21.3. The molecule has 0 aromatic heterocycles. The first-order valence-corrected chi connectivity index (χ1v) is 9.96. The summed E-state index contributed by atoms with van der Waals surface area (Å²) < 4.78 is 0. The number of nitrogens with one attached hydrogen (secondary N) is 2. The van der Waals surface area contributed by atoms with E-state index in [-0.39, 0.29) is 11.7 Å². The summed E-state index contributed by atoms with van der Waals surface area (Å²) in [6.45, 7) is 1.92. The van der Waals surface area contributed by atoms with Crippen molar-refractivity contribution in [2.24, 2.45) is 0 Å². The van der Waals surface area contributed by atoms with Gasteiger partial charge in [-0.05, 0) is 42.8 Å². The average molecular weight is 421 g/mol. The molecule has 152 valence electrons. The van der Waals surface area contributed by atoms with Crippen molar-refractivity contribution >= 4 is 40.6 Å². The van der Waals surface area contributed by atoms with Gasteiger partial charge in [-0.2, -0.15) is 0 Å². The van der Waals surface area contributed by atoms with Crippen molar-refractivity contribution in [2.45, 2.75) is 19.8 Å². The molecule has 2 N–H and O–H groups in total. The third kappa shape index (κ3) is 5.33. The van der Waals surface area contributed by atoms with Crippen LogP contribution in [0, 0.1) is 0 Å². The Morgan fingerprint density at radius 2 is 1.57 bits per heavy atom. The molecule has 0 unspecified atom stereocenters. The topological polar surface area (TPSA) is 75.3 Å². The molecule has 0 spiro atoms. The number of rotatable bonds is 7. The maximum atomic E-state index is 12.9. The maximum Gasteiger partial charge on any atom is 0.255 e. The van der Waals surface area contributed by atoms with E-state index in [0.717, 1.165) is 6.42 Å². The highest BCUT2D eigenvalue weighted by Gasteiger charge is 2.17. The molecule has 3 rings (SSSR count). The number of carbonyl (C=O) groups is 3. The number of anilines is 2. The molecule has 30 heavy (non-hydrogen) atoms. The van der Waals surface area contributed by atoms with E-state index in [0.29, 0.717) is 39.5 Å². The van der Waals surface area contributed by atoms with Crippen LogP contribution < -0.4 is 10.6 Å². The van der Waals surface area contributed by atoms with E-state index in [1.165, 1.54) is 6.07 Å². The molecule has 3 aromatic carbocycles. The van der Waals surface area contributed by atoms with Crippen LogP contribution in [0.1, 0.15) is 46.0 Å². The van der Waals surface area contributed by atoms with Crippen LogP contribution in [0.25, 0.3) is 0 Å². The van der Waals surface area contributed by atoms with Crippen LogP contribution in [0.5, 0.6) is 0 Å². The van der Waals surface area contributed by atoms with Crippen LogP contribution in [0.4, 0.5) is 11.4 Å². The number of hydrogen-bond donors (Lipinski definition) is 2. The third-order valence-corrected chi connectivity index (χ3v) is 4.63. The Kier molecular flexibility index (Phi) is 6.99. The highest BCUT2D eigenvalue weighted by molar-refractivity contribution is 6.31. The van der Waals surface area contributed by atoms with Crippen molar-refractivity contribution in [1.29, 1.82) is 0 Å². The fourth-order valence-electron chi connectivity index (χ4n) is 2.94. The Balaban J connectivity index is 1.84. The maximum absolute atomic E-state index is 12.9. The molecule has 0 saturated carbocycles. The van der Waals surface area contributed by atoms with Gasteiger partial charge in [-0.3, -0.25) is 14.4 Å². The van der Waals surface area contributed by atoms with Gasteiger partial charge < -0.3 is 10.6 Å². The van der Waals surface area contributed by atoms with Gasteiger partial charge in [0.1, 0.15) is 0 Å². The van der Waals surface area contributed by atoms with E-state index in [9.17, 15) is 14.4 Å². The van der Waals surface area contributed by atoms with E-state index in [4.69, 9.17) is 11.6 Å². The van der Waals surface area contributed by atoms with Crippen LogP contribution in [-0.2, 0) is 4.79 Å². The molecule has 0 saturated heterocycles. The van der Waals surface area contributed by atoms with Gasteiger partial charge in [0, 0.05) is 33.8 Å². The van der Waals surface area contributed by atoms with Crippen LogP contribution >= 0.6 is 11.6 Å². The normalized spacial score (nSPS) is 10.3. The van der Waals surface area contributed by atoms with Crippen molar-refractivity contribution in [1.82, 2.24) is 0 Å². The Bertz CT molecular complexity index is 1080. The summed E-state index contributed by atoms with van der Waals surface area (Å²) in [6.07, 6.45) is 1.15. The molecular weight excluding hydrogens is 400 g/mol. The van der Waals surface area contributed by atoms with E-state index in [1.54, 1.807) is 60.7 Å². The second kappa shape index (κ2) is 9.85. The van der Waals surface area contributed by atoms with E-state index >= 15 is 0 Å². The first-order chi connectivity index (χ1) is 14.5. The Hall–Kier alpha value is -3.44. The molecular formula is C24H21ClN2O3. The molecule has 0 bridgehead atoms. The van der Waals surface area contributed by atoms with E-state index in [1.807, 2.05) is 13.0 Å². The molecule has 0 atom stereocenters. The fraction of sp³-hybridized carbons (Fsp3) is 0.125. The lowest BCUT2D eigenvalue weighted by atomic mass is 10.0. The minimum atomic E-state index is -0.397. The van der Waals surface area contributed by atoms with Crippen molar-refractivity contribution in [3.63, 3.8) is 0 Å². The zero-order valence-corrected chi connectivity index (χ0v) is 17.2. The van der Waals surface area contributed by atoms with Gasteiger partial charge in [0.15, 0.2) is 5.78 Å². The van der Waals surface area contributed by atoms with Crippen molar-refractivity contribution in [3.05, 3.63) is 94.5 Å². The molecule has 3 aromatic rings. The number of hydrogen-bond acceptors (Lipinski definition) is 3. The number of benzene rings is 3. The van der Waals surface area contributed by atoms with Gasteiger partial charge in [0.05, 0.1) is 5.69 Å². The Morgan fingerprint density at radius 3 is 2.30 bits per heavy atom. The summed E-state index contributed by atoms with van der Waals surface area (Å²) in [5.74, 6) is -0.747. The number of amides is 2. The number of halogens is 1. The SMILES string of the molecule is CCCC(=O)Nc1cccc(C(=O)Nc2ccc(Cl)cc2C(=O)c2ccccc2)c1. The zero-order chi connectivity index (χ0) is 21.5. The summed E-state index contributed by atoms with van der Waals surface area (Å²) in [6, 6.07) is 20.2. The van der Waals surface area contributed by atoms with Gasteiger partial charge in [0.25, 0.3) is 5.91 Å². The van der Waals surface area contributed by atoms with E-state index < -0.39 is 5.91 Å². The van der Waals surface area contributed by atoms with Gasteiger partial charge in [-0.1, -0.05) is 54.9 Å². The van der Waals surface area contributed by atoms with Crippen LogP contribution in [-0.4, -0.2) is 17.6 Å². The van der Waals surface area contributed by atoms with Gasteiger partial charge >= 0.3 is 0 Å². The first-order valence-electron chi connectivity index (χ1n) is 9.58. The average Bonchev–Trinajstić information content (AvgIpc) is 2.75. The highest BCUT2D eigenvalue weighted by atomic mass is 35.5.